The van der Waals surface area contributed by atoms with Gasteiger partial charge in [-0.2, -0.15) is 0 Å². The highest BCUT2D eigenvalue weighted by atomic mass is 16.5. The van der Waals surface area contributed by atoms with Crippen molar-refractivity contribution in [2.24, 2.45) is 0 Å². The number of aryl methyl sites for hydroxylation is 3. The molecule has 0 fully saturated rings. The summed E-state index contributed by atoms with van der Waals surface area (Å²) >= 11 is 0. The Morgan fingerprint density at radius 1 is 1.07 bits per heavy atom. The van der Waals surface area contributed by atoms with E-state index in [1.54, 1.807) is 6.20 Å². The molecule has 0 saturated carbocycles. The lowest BCUT2D eigenvalue weighted by atomic mass is 10.0. The van der Waals surface area contributed by atoms with E-state index in [0.717, 1.165) is 29.8 Å². The van der Waals surface area contributed by atoms with Gasteiger partial charge in [0.25, 0.3) is 5.91 Å². The molecule has 28 heavy (non-hydrogen) atoms. The zero-order chi connectivity index (χ0) is 19.3. The van der Waals surface area contributed by atoms with Crippen molar-refractivity contribution >= 4 is 5.91 Å². The summed E-state index contributed by atoms with van der Waals surface area (Å²) in [6.07, 6.45) is 5.16. The highest BCUT2D eigenvalue weighted by molar-refractivity contribution is 5.78. The van der Waals surface area contributed by atoms with Gasteiger partial charge in [0.2, 0.25) is 0 Å². The molecule has 0 aliphatic heterocycles. The molecule has 0 unspecified atom stereocenters. The molecule has 0 radical (unpaired) electrons. The van der Waals surface area contributed by atoms with Crippen molar-refractivity contribution in [3.05, 3.63) is 94.8 Å². The molecule has 0 spiro atoms. The van der Waals surface area contributed by atoms with E-state index in [0.29, 0.717) is 0 Å². The Labute approximate surface area is 165 Å². The highest BCUT2D eigenvalue weighted by Gasteiger charge is 2.18. The van der Waals surface area contributed by atoms with E-state index in [9.17, 15) is 4.79 Å². The molecule has 1 heterocycles. The van der Waals surface area contributed by atoms with E-state index < -0.39 is 0 Å². The molecule has 2 aromatic carbocycles. The van der Waals surface area contributed by atoms with Crippen molar-refractivity contribution in [2.75, 3.05) is 6.61 Å². The maximum Gasteiger partial charge on any atom is 0.258 e. The fraction of sp³-hybridized carbons (Fsp3) is 0.250. The minimum atomic E-state index is -0.307. The second-order valence-corrected chi connectivity index (χ2v) is 7.24. The first kappa shape index (κ1) is 18.2. The van der Waals surface area contributed by atoms with Crippen LogP contribution in [0.1, 0.15) is 40.4 Å². The predicted molar refractivity (Wildman–Crippen MR) is 109 cm³/mol. The predicted octanol–water partition coefficient (Wildman–Crippen LogP) is 4.16. The molecule has 4 nitrogen and oxygen atoms in total. The normalized spacial score (nSPS) is 13.6. The minimum Gasteiger partial charge on any atom is -0.484 e. The fourth-order valence-corrected chi connectivity index (χ4v) is 3.62. The third kappa shape index (κ3) is 4.22. The molecule has 1 N–H and O–H groups in total. The molecule has 4 heteroatoms. The van der Waals surface area contributed by atoms with Crippen molar-refractivity contribution in [3.8, 4) is 5.75 Å². The van der Waals surface area contributed by atoms with Gasteiger partial charge in [-0.05, 0) is 67.1 Å². The molecular formula is C24H24N2O2. The number of nitrogens with one attached hydrogen (secondary N) is 1. The van der Waals surface area contributed by atoms with Gasteiger partial charge in [0.1, 0.15) is 5.75 Å². The van der Waals surface area contributed by atoms with E-state index in [4.69, 9.17) is 4.74 Å². The number of nitrogens with zero attached hydrogens (tertiary/aromatic N) is 1. The second-order valence-electron chi connectivity index (χ2n) is 7.24. The van der Waals surface area contributed by atoms with Crippen molar-refractivity contribution in [2.45, 2.75) is 32.2 Å². The summed E-state index contributed by atoms with van der Waals surface area (Å²) in [5.41, 5.74) is 5.71. The van der Waals surface area contributed by atoms with Crippen LogP contribution in [-0.4, -0.2) is 17.5 Å². The number of rotatable bonds is 6. The number of aromatic nitrogens is 1. The van der Waals surface area contributed by atoms with Crippen LogP contribution in [0.3, 0.4) is 0 Å². The van der Waals surface area contributed by atoms with Gasteiger partial charge in [0.05, 0.1) is 11.7 Å². The Hall–Kier alpha value is -3.14. The molecule has 3 aromatic rings. The van der Waals surface area contributed by atoms with E-state index in [1.165, 1.54) is 23.1 Å². The van der Waals surface area contributed by atoms with Gasteiger partial charge < -0.3 is 10.1 Å². The van der Waals surface area contributed by atoms with Crippen LogP contribution in [0.2, 0.25) is 0 Å². The Kier molecular flexibility index (Phi) is 5.38. The maximum absolute atomic E-state index is 12.6. The quantitative estimate of drug-likeness (QED) is 0.707. The number of carbonyl (C=O) groups is 1. The van der Waals surface area contributed by atoms with Gasteiger partial charge in [0.15, 0.2) is 6.61 Å². The number of pyridine rings is 1. The van der Waals surface area contributed by atoms with Crippen LogP contribution in [0.15, 0.2) is 66.9 Å². The number of hydrogen-bond donors (Lipinski definition) is 1. The lowest BCUT2D eigenvalue weighted by molar-refractivity contribution is -0.123. The smallest absolute Gasteiger partial charge is 0.258 e. The van der Waals surface area contributed by atoms with Crippen molar-refractivity contribution in [3.63, 3.8) is 0 Å². The van der Waals surface area contributed by atoms with Gasteiger partial charge >= 0.3 is 0 Å². The summed E-state index contributed by atoms with van der Waals surface area (Å²) in [4.78, 5) is 17.0. The lowest BCUT2D eigenvalue weighted by Gasteiger charge is -2.19. The monoisotopic (exact) mass is 372 g/mol. The first-order chi connectivity index (χ1) is 13.7. The Morgan fingerprint density at radius 2 is 1.89 bits per heavy atom. The molecule has 1 aromatic heterocycles. The summed E-state index contributed by atoms with van der Waals surface area (Å²) in [6, 6.07) is 19.7. The maximum atomic E-state index is 12.6. The second kappa shape index (κ2) is 8.26. The number of fused-ring (bicyclic) bond motifs is 1. The molecule has 1 atom stereocenters. The molecular weight excluding hydrogens is 348 g/mol. The van der Waals surface area contributed by atoms with Gasteiger partial charge in [-0.1, -0.05) is 42.0 Å². The fourth-order valence-electron chi connectivity index (χ4n) is 3.62. The van der Waals surface area contributed by atoms with E-state index in [2.05, 4.69) is 22.4 Å². The third-order valence-corrected chi connectivity index (χ3v) is 5.14. The Morgan fingerprint density at radius 3 is 2.68 bits per heavy atom. The Balaban J connectivity index is 1.45. The molecule has 142 valence electrons. The molecule has 1 amide bonds. The van der Waals surface area contributed by atoms with Gasteiger partial charge in [-0.3, -0.25) is 9.78 Å². The molecule has 1 aliphatic rings. The van der Waals surface area contributed by atoms with Crippen LogP contribution < -0.4 is 10.1 Å². The number of amides is 1. The van der Waals surface area contributed by atoms with Crippen molar-refractivity contribution < 1.29 is 9.53 Å². The molecule has 0 bridgehead atoms. The van der Waals surface area contributed by atoms with Crippen molar-refractivity contribution in [1.82, 2.24) is 10.3 Å². The van der Waals surface area contributed by atoms with Crippen LogP contribution in [0, 0.1) is 6.92 Å². The van der Waals surface area contributed by atoms with Crippen molar-refractivity contribution in [1.29, 1.82) is 0 Å². The topological polar surface area (TPSA) is 51.2 Å². The highest BCUT2D eigenvalue weighted by Crippen LogP contribution is 2.26. The third-order valence-electron chi connectivity index (χ3n) is 5.14. The average Bonchev–Trinajstić information content (AvgIpc) is 3.20. The first-order valence-electron chi connectivity index (χ1n) is 9.70. The molecule has 4 rings (SSSR count). The standard InChI is InChI=1S/C24H24N2O2/c1-17-8-10-19(11-9-17)24(22-7-2-3-14-25-22)26-23(27)16-28-21-13-12-18-5-4-6-20(18)15-21/h2-3,7-15,24H,4-6,16H2,1H3,(H,26,27)/t24-/m1/s1. The van der Waals surface area contributed by atoms with E-state index >= 15 is 0 Å². The van der Waals surface area contributed by atoms with Crippen LogP contribution >= 0.6 is 0 Å². The minimum absolute atomic E-state index is 0.0199. The summed E-state index contributed by atoms with van der Waals surface area (Å²) in [5.74, 6) is 0.581. The van der Waals surface area contributed by atoms with Crippen LogP contribution in [0.25, 0.3) is 0 Å². The first-order valence-corrected chi connectivity index (χ1v) is 9.70. The summed E-state index contributed by atoms with van der Waals surface area (Å²) in [5, 5.41) is 3.07. The molecule has 0 saturated heterocycles. The summed E-state index contributed by atoms with van der Waals surface area (Å²) in [7, 11) is 0. The zero-order valence-electron chi connectivity index (χ0n) is 16.0. The van der Waals surface area contributed by atoms with Crippen LogP contribution in [0.4, 0.5) is 0 Å². The Bertz CT molecular complexity index is 952. The number of hydrogen-bond acceptors (Lipinski definition) is 3. The lowest BCUT2D eigenvalue weighted by Crippen LogP contribution is -2.33. The number of benzene rings is 2. The van der Waals surface area contributed by atoms with Crippen LogP contribution in [-0.2, 0) is 17.6 Å². The average molecular weight is 372 g/mol. The van der Waals surface area contributed by atoms with E-state index in [-0.39, 0.29) is 18.6 Å². The number of ether oxygens (including phenoxy) is 1. The summed E-state index contributed by atoms with van der Waals surface area (Å²) < 4.78 is 5.75. The SMILES string of the molecule is Cc1ccc([C@@H](NC(=O)COc2ccc3c(c2)CCC3)c2ccccn2)cc1. The van der Waals surface area contributed by atoms with Gasteiger partial charge in [-0.15, -0.1) is 0 Å². The van der Waals surface area contributed by atoms with Gasteiger partial charge in [-0.25, -0.2) is 0 Å². The zero-order valence-corrected chi connectivity index (χ0v) is 16.0. The largest absolute Gasteiger partial charge is 0.484 e. The molecule has 1 aliphatic carbocycles. The van der Waals surface area contributed by atoms with E-state index in [1.807, 2.05) is 55.5 Å². The van der Waals surface area contributed by atoms with Gasteiger partial charge in [0, 0.05) is 6.20 Å². The van der Waals surface area contributed by atoms with Crippen LogP contribution in [0.5, 0.6) is 5.75 Å². The number of carbonyl (C=O) groups excluding carboxylic acids is 1. The summed E-state index contributed by atoms with van der Waals surface area (Å²) in [6.45, 7) is 2.02.